The molecule has 0 aliphatic heterocycles. The molecular weight excluding hydrogens is 315 g/mol. The molecule has 0 saturated heterocycles. The maximum atomic E-state index is 13.2. The van der Waals surface area contributed by atoms with Crippen LogP contribution in [0.5, 0.6) is 0 Å². The topological polar surface area (TPSA) is 54.2 Å². The summed E-state index contributed by atoms with van der Waals surface area (Å²) in [5, 5.41) is 19.2. The summed E-state index contributed by atoms with van der Waals surface area (Å²) in [6.07, 6.45) is 0. The minimum absolute atomic E-state index is 0.0454. The van der Waals surface area contributed by atoms with Gasteiger partial charge in [0.25, 0.3) is 0 Å². The summed E-state index contributed by atoms with van der Waals surface area (Å²) >= 11 is 1.43. The Morgan fingerprint density at radius 1 is 1.26 bits per heavy atom. The number of hydrogen-bond acceptors (Lipinski definition) is 5. The van der Waals surface area contributed by atoms with Gasteiger partial charge in [-0.3, -0.25) is 9.47 Å². The molecule has 0 bridgehead atoms. The average Bonchev–Trinajstić information content (AvgIpc) is 2.88. The largest absolute Gasteiger partial charge is 0.390 e. The fourth-order valence-corrected chi connectivity index (χ4v) is 2.86. The monoisotopic (exact) mass is 338 g/mol. The first-order valence-electron chi connectivity index (χ1n) is 7.42. The lowest BCUT2D eigenvalue weighted by Crippen LogP contribution is -2.22. The standard InChI is InChI=1S/C16H23FN4OS/c1-11(20(4)5)14-18-19-15(23-10-16(2,3)22)21(14)13-8-6-12(17)7-9-13/h6-9,11,22H,10H2,1-5H3. The van der Waals surface area contributed by atoms with E-state index in [-0.39, 0.29) is 11.9 Å². The molecule has 1 atom stereocenters. The van der Waals surface area contributed by atoms with E-state index in [9.17, 15) is 9.50 Å². The fourth-order valence-electron chi connectivity index (χ4n) is 1.95. The molecule has 0 radical (unpaired) electrons. The van der Waals surface area contributed by atoms with E-state index >= 15 is 0 Å². The highest BCUT2D eigenvalue weighted by atomic mass is 32.2. The van der Waals surface area contributed by atoms with E-state index in [2.05, 4.69) is 10.2 Å². The van der Waals surface area contributed by atoms with Gasteiger partial charge in [-0.25, -0.2) is 4.39 Å². The van der Waals surface area contributed by atoms with Gasteiger partial charge in [0, 0.05) is 11.4 Å². The van der Waals surface area contributed by atoms with Crippen LogP contribution >= 0.6 is 11.8 Å². The summed E-state index contributed by atoms with van der Waals surface area (Å²) in [6.45, 7) is 5.54. The minimum atomic E-state index is -0.808. The first-order valence-corrected chi connectivity index (χ1v) is 8.40. The molecule has 0 fully saturated rings. The highest BCUT2D eigenvalue weighted by molar-refractivity contribution is 7.99. The van der Waals surface area contributed by atoms with Crippen LogP contribution in [0.2, 0.25) is 0 Å². The fraction of sp³-hybridized carbons (Fsp3) is 0.500. The number of thioether (sulfide) groups is 1. The van der Waals surface area contributed by atoms with Crippen LogP contribution in [0.25, 0.3) is 5.69 Å². The highest BCUT2D eigenvalue weighted by Gasteiger charge is 2.22. The van der Waals surface area contributed by atoms with Crippen molar-refractivity contribution in [3.05, 3.63) is 35.9 Å². The quantitative estimate of drug-likeness (QED) is 0.821. The lowest BCUT2D eigenvalue weighted by molar-refractivity contribution is 0.107. The van der Waals surface area contributed by atoms with Crippen molar-refractivity contribution in [2.24, 2.45) is 0 Å². The third-order valence-electron chi connectivity index (χ3n) is 3.45. The summed E-state index contributed by atoms with van der Waals surface area (Å²) < 4.78 is 15.2. The van der Waals surface area contributed by atoms with Crippen molar-refractivity contribution in [2.75, 3.05) is 19.8 Å². The van der Waals surface area contributed by atoms with Gasteiger partial charge in [0.05, 0.1) is 11.6 Å². The van der Waals surface area contributed by atoms with Crippen LogP contribution in [0.3, 0.4) is 0 Å². The van der Waals surface area contributed by atoms with Crippen molar-refractivity contribution < 1.29 is 9.50 Å². The number of aliphatic hydroxyl groups is 1. The molecule has 0 saturated carbocycles. The second kappa shape index (κ2) is 6.98. The van der Waals surface area contributed by atoms with Gasteiger partial charge in [0.1, 0.15) is 5.82 Å². The van der Waals surface area contributed by atoms with Gasteiger partial charge >= 0.3 is 0 Å². The Balaban J connectivity index is 2.45. The molecule has 5 nitrogen and oxygen atoms in total. The Bertz CT molecular complexity index is 649. The Labute approximate surface area is 140 Å². The van der Waals surface area contributed by atoms with Gasteiger partial charge in [-0.15, -0.1) is 10.2 Å². The molecule has 1 N–H and O–H groups in total. The minimum Gasteiger partial charge on any atom is -0.390 e. The Kier molecular flexibility index (Phi) is 5.44. The molecule has 23 heavy (non-hydrogen) atoms. The van der Waals surface area contributed by atoms with Gasteiger partial charge < -0.3 is 5.11 Å². The number of rotatable bonds is 6. The van der Waals surface area contributed by atoms with Crippen molar-refractivity contribution >= 4 is 11.8 Å². The number of nitrogens with zero attached hydrogens (tertiary/aromatic N) is 4. The van der Waals surface area contributed by atoms with E-state index in [1.54, 1.807) is 26.0 Å². The van der Waals surface area contributed by atoms with Crippen molar-refractivity contribution in [1.82, 2.24) is 19.7 Å². The van der Waals surface area contributed by atoms with E-state index in [4.69, 9.17) is 0 Å². The molecule has 2 aromatic rings. The summed E-state index contributed by atoms with van der Waals surface area (Å²) in [4.78, 5) is 2.04. The Morgan fingerprint density at radius 3 is 2.39 bits per heavy atom. The predicted octanol–water partition coefficient (Wildman–Crippen LogP) is 2.89. The van der Waals surface area contributed by atoms with Crippen LogP contribution in [0.1, 0.15) is 32.6 Å². The molecule has 1 aromatic heterocycles. The molecule has 1 heterocycles. The van der Waals surface area contributed by atoms with Crippen molar-refractivity contribution in [3.8, 4) is 5.69 Å². The summed E-state index contributed by atoms with van der Waals surface area (Å²) in [5.41, 5.74) is -0.00394. The zero-order chi connectivity index (χ0) is 17.2. The predicted molar refractivity (Wildman–Crippen MR) is 90.4 cm³/mol. The second-order valence-corrected chi connectivity index (χ2v) is 7.34. The lowest BCUT2D eigenvalue weighted by Gasteiger charge is -2.21. The molecule has 1 unspecified atom stereocenters. The molecule has 0 aliphatic carbocycles. The average molecular weight is 338 g/mol. The zero-order valence-corrected chi connectivity index (χ0v) is 14.9. The molecule has 126 valence electrons. The smallest absolute Gasteiger partial charge is 0.195 e. The second-order valence-electron chi connectivity index (χ2n) is 6.39. The molecule has 7 heteroatoms. The number of benzene rings is 1. The van der Waals surface area contributed by atoms with Gasteiger partial charge in [-0.1, -0.05) is 11.8 Å². The summed E-state index contributed by atoms with van der Waals surface area (Å²) in [7, 11) is 3.94. The van der Waals surface area contributed by atoms with E-state index in [0.717, 1.165) is 11.5 Å². The molecular formula is C16H23FN4OS. The molecule has 0 spiro atoms. The lowest BCUT2D eigenvalue weighted by atomic mass is 10.2. The maximum absolute atomic E-state index is 13.2. The maximum Gasteiger partial charge on any atom is 0.195 e. The summed E-state index contributed by atoms with van der Waals surface area (Å²) in [5.74, 6) is 0.984. The molecule has 0 aliphatic rings. The number of hydrogen-bond donors (Lipinski definition) is 1. The first-order chi connectivity index (χ1) is 10.7. The van der Waals surface area contributed by atoms with E-state index in [1.165, 1.54) is 23.9 Å². The summed E-state index contributed by atoms with van der Waals surface area (Å²) in [6, 6.07) is 6.30. The van der Waals surface area contributed by atoms with Gasteiger partial charge in [-0.05, 0) is 59.1 Å². The van der Waals surface area contributed by atoms with E-state index < -0.39 is 5.60 Å². The van der Waals surface area contributed by atoms with Crippen LogP contribution < -0.4 is 0 Å². The van der Waals surface area contributed by atoms with Crippen LogP contribution in [-0.2, 0) is 0 Å². The van der Waals surface area contributed by atoms with Gasteiger partial charge in [0.2, 0.25) is 0 Å². The van der Waals surface area contributed by atoms with Crippen LogP contribution in [0.15, 0.2) is 29.4 Å². The zero-order valence-electron chi connectivity index (χ0n) is 14.1. The van der Waals surface area contributed by atoms with Crippen LogP contribution in [-0.4, -0.2) is 50.2 Å². The Hall–Kier alpha value is -1.44. The number of halogens is 1. The van der Waals surface area contributed by atoms with E-state index in [1.807, 2.05) is 30.5 Å². The third kappa shape index (κ3) is 4.53. The Morgan fingerprint density at radius 2 is 1.87 bits per heavy atom. The SMILES string of the molecule is CC(c1nnc(SCC(C)(C)O)n1-c1ccc(F)cc1)N(C)C. The third-order valence-corrected chi connectivity index (χ3v) is 4.82. The molecule has 0 amide bonds. The van der Waals surface area contributed by atoms with Gasteiger partial charge in [-0.2, -0.15) is 0 Å². The van der Waals surface area contributed by atoms with Crippen LogP contribution in [0, 0.1) is 5.82 Å². The van der Waals surface area contributed by atoms with Crippen molar-refractivity contribution in [1.29, 1.82) is 0 Å². The van der Waals surface area contributed by atoms with Gasteiger partial charge in [0.15, 0.2) is 11.0 Å². The highest BCUT2D eigenvalue weighted by Crippen LogP contribution is 2.28. The normalized spacial score (nSPS) is 13.6. The van der Waals surface area contributed by atoms with Crippen LogP contribution in [0.4, 0.5) is 4.39 Å². The van der Waals surface area contributed by atoms with Crippen molar-refractivity contribution in [3.63, 3.8) is 0 Å². The number of aromatic nitrogens is 3. The molecule has 1 aromatic carbocycles. The van der Waals surface area contributed by atoms with E-state index in [0.29, 0.717) is 10.9 Å². The van der Waals surface area contributed by atoms with Crippen molar-refractivity contribution in [2.45, 2.75) is 37.6 Å². The molecule has 2 rings (SSSR count). The first kappa shape index (κ1) is 17.9.